The second kappa shape index (κ2) is 8.08. The van der Waals surface area contributed by atoms with Crippen molar-refractivity contribution < 1.29 is 4.74 Å². The topological polar surface area (TPSA) is 21.3 Å². The van der Waals surface area contributed by atoms with Gasteiger partial charge in [-0.2, -0.15) is 0 Å². The lowest BCUT2D eigenvalue weighted by atomic mass is 9.83. The first-order valence-electron chi connectivity index (χ1n) is 7.12. The fourth-order valence-corrected chi connectivity index (χ4v) is 2.84. The molecule has 0 aromatic heterocycles. The standard InChI is InChI=1S/C14H29NO/c1-4-14(13-9-7-6-8-10-13)15-11-12(3)16-5-2/h12-15H,4-11H2,1-3H3. The van der Waals surface area contributed by atoms with E-state index in [0.717, 1.165) is 19.1 Å². The number of ether oxygens (including phenoxy) is 1. The van der Waals surface area contributed by atoms with E-state index in [1.54, 1.807) is 0 Å². The van der Waals surface area contributed by atoms with Gasteiger partial charge in [0.25, 0.3) is 0 Å². The lowest BCUT2D eigenvalue weighted by Crippen LogP contribution is -2.40. The minimum absolute atomic E-state index is 0.350. The van der Waals surface area contributed by atoms with Crippen LogP contribution in [0, 0.1) is 5.92 Å². The minimum Gasteiger partial charge on any atom is -0.377 e. The Bertz CT molecular complexity index is 166. The van der Waals surface area contributed by atoms with Gasteiger partial charge in [-0.1, -0.05) is 26.2 Å². The van der Waals surface area contributed by atoms with Crippen LogP contribution in [0.25, 0.3) is 0 Å². The molecule has 16 heavy (non-hydrogen) atoms. The molecule has 1 aliphatic rings. The molecule has 0 bridgehead atoms. The molecule has 2 heteroatoms. The fraction of sp³-hybridized carbons (Fsp3) is 1.00. The highest BCUT2D eigenvalue weighted by Gasteiger charge is 2.22. The lowest BCUT2D eigenvalue weighted by Gasteiger charge is -2.31. The normalized spacial score (nSPS) is 21.9. The molecule has 1 N–H and O–H groups in total. The Morgan fingerprint density at radius 1 is 1.19 bits per heavy atom. The molecule has 0 heterocycles. The smallest absolute Gasteiger partial charge is 0.0671 e. The van der Waals surface area contributed by atoms with Gasteiger partial charge in [0.2, 0.25) is 0 Å². The van der Waals surface area contributed by atoms with Crippen molar-refractivity contribution in [2.75, 3.05) is 13.2 Å². The Labute approximate surface area is 101 Å². The third-order valence-corrected chi connectivity index (χ3v) is 3.78. The second-order valence-corrected chi connectivity index (χ2v) is 5.09. The van der Waals surface area contributed by atoms with Crippen LogP contribution in [0.15, 0.2) is 0 Å². The Morgan fingerprint density at radius 2 is 1.88 bits per heavy atom. The molecule has 0 aromatic rings. The Balaban J connectivity index is 2.24. The Morgan fingerprint density at radius 3 is 2.44 bits per heavy atom. The van der Waals surface area contributed by atoms with Crippen molar-refractivity contribution in [3.8, 4) is 0 Å². The van der Waals surface area contributed by atoms with Crippen LogP contribution >= 0.6 is 0 Å². The van der Waals surface area contributed by atoms with Crippen LogP contribution in [0.5, 0.6) is 0 Å². The third kappa shape index (κ3) is 4.84. The monoisotopic (exact) mass is 227 g/mol. The minimum atomic E-state index is 0.350. The maximum Gasteiger partial charge on any atom is 0.0671 e. The zero-order valence-corrected chi connectivity index (χ0v) is 11.3. The van der Waals surface area contributed by atoms with Gasteiger partial charge in [0.15, 0.2) is 0 Å². The van der Waals surface area contributed by atoms with Gasteiger partial charge in [0.05, 0.1) is 6.10 Å². The summed E-state index contributed by atoms with van der Waals surface area (Å²) in [5.41, 5.74) is 0. The Hall–Kier alpha value is -0.0800. The molecular formula is C14H29NO. The van der Waals surface area contributed by atoms with E-state index in [2.05, 4.69) is 26.1 Å². The van der Waals surface area contributed by atoms with Gasteiger partial charge in [-0.25, -0.2) is 0 Å². The summed E-state index contributed by atoms with van der Waals surface area (Å²) in [6, 6.07) is 0.711. The number of hydrogen-bond donors (Lipinski definition) is 1. The van der Waals surface area contributed by atoms with Crippen LogP contribution in [0.1, 0.15) is 59.3 Å². The molecule has 1 saturated carbocycles. The van der Waals surface area contributed by atoms with E-state index in [0.29, 0.717) is 12.1 Å². The molecule has 2 atom stereocenters. The van der Waals surface area contributed by atoms with E-state index in [-0.39, 0.29) is 0 Å². The van der Waals surface area contributed by atoms with Crippen molar-refractivity contribution in [2.45, 2.75) is 71.4 Å². The van der Waals surface area contributed by atoms with Crippen molar-refractivity contribution in [1.29, 1.82) is 0 Å². The van der Waals surface area contributed by atoms with Crippen molar-refractivity contribution in [3.63, 3.8) is 0 Å². The van der Waals surface area contributed by atoms with E-state index in [4.69, 9.17) is 4.74 Å². The highest BCUT2D eigenvalue weighted by Crippen LogP contribution is 2.27. The maximum absolute atomic E-state index is 5.56. The van der Waals surface area contributed by atoms with E-state index in [9.17, 15) is 0 Å². The number of rotatable bonds is 7. The molecule has 96 valence electrons. The predicted octanol–water partition coefficient (Wildman–Crippen LogP) is 3.36. The van der Waals surface area contributed by atoms with Gasteiger partial charge in [0, 0.05) is 19.2 Å². The third-order valence-electron chi connectivity index (χ3n) is 3.78. The number of nitrogens with one attached hydrogen (secondary N) is 1. The van der Waals surface area contributed by atoms with Gasteiger partial charge in [-0.3, -0.25) is 0 Å². The summed E-state index contributed by atoms with van der Waals surface area (Å²) in [6.45, 7) is 8.35. The first kappa shape index (κ1) is 14.0. The predicted molar refractivity (Wildman–Crippen MR) is 69.7 cm³/mol. The molecule has 1 fully saturated rings. The second-order valence-electron chi connectivity index (χ2n) is 5.09. The molecule has 0 saturated heterocycles. The summed E-state index contributed by atoms with van der Waals surface area (Å²) in [5.74, 6) is 0.910. The van der Waals surface area contributed by atoms with E-state index >= 15 is 0 Å². The van der Waals surface area contributed by atoms with E-state index in [1.165, 1.54) is 38.5 Å². The van der Waals surface area contributed by atoms with E-state index < -0.39 is 0 Å². The van der Waals surface area contributed by atoms with Gasteiger partial charge in [0.1, 0.15) is 0 Å². The SMILES string of the molecule is CCOC(C)CNC(CC)C1CCCCC1. The van der Waals surface area contributed by atoms with Crippen molar-refractivity contribution in [3.05, 3.63) is 0 Å². The van der Waals surface area contributed by atoms with Crippen LogP contribution in [-0.4, -0.2) is 25.3 Å². The number of hydrogen-bond acceptors (Lipinski definition) is 2. The van der Waals surface area contributed by atoms with Crippen molar-refractivity contribution in [1.82, 2.24) is 5.32 Å². The molecule has 0 aromatic carbocycles. The Kier molecular flexibility index (Phi) is 7.06. The van der Waals surface area contributed by atoms with Gasteiger partial charge >= 0.3 is 0 Å². The zero-order chi connectivity index (χ0) is 11.8. The van der Waals surface area contributed by atoms with Crippen molar-refractivity contribution >= 4 is 0 Å². The molecule has 0 aliphatic heterocycles. The molecule has 0 radical (unpaired) electrons. The summed E-state index contributed by atoms with van der Waals surface area (Å²) >= 11 is 0. The summed E-state index contributed by atoms with van der Waals surface area (Å²) < 4.78 is 5.56. The lowest BCUT2D eigenvalue weighted by molar-refractivity contribution is 0.0707. The highest BCUT2D eigenvalue weighted by molar-refractivity contribution is 4.79. The van der Waals surface area contributed by atoms with Crippen LogP contribution in [-0.2, 0) is 4.74 Å². The first-order valence-corrected chi connectivity index (χ1v) is 7.12. The van der Waals surface area contributed by atoms with Crippen LogP contribution in [0.2, 0.25) is 0 Å². The van der Waals surface area contributed by atoms with Crippen LogP contribution < -0.4 is 5.32 Å². The molecular weight excluding hydrogens is 198 g/mol. The van der Waals surface area contributed by atoms with Gasteiger partial charge in [-0.05, 0) is 39.0 Å². The molecule has 2 unspecified atom stereocenters. The molecule has 0 amide bonds. The zero-order valence-electron chi connectivity index (χ0n) is 11.3. The molecule has 1 aliphatic carbocycles. The van der Waals surface area contributed by atoms with Gasteiger partial charge < -0.3 is 10.1 Å². The largest absolute Gasteiger partial charge is 0.377 e. The average molecular weight is 227 g/mol. The van der Waals surface area contributed by atoms with Crippen molar-refractivity contribution in [2.24, 2.45) is 5.92 Å². The summed E-state index contributed by atoms with van der Waals surface area (Å²) in [4.78, 5) is 0. The average Bonchev–Trinajstić information content (AvgIpc) is 2.31. The van der Waals surface area contributed by atoms with Crippen LogP contribution in [0.4, 0.5) is 0 Å². The van der Waals surface area contributed by atoms with E-state index in [1.807, 2.05) is 0 Å². The quantitative estimate of drug-likeness (QED) is 0.720. The summed E-state index contributed by atoms with van der Waals surface area (Å²) in [6.07, 6.45) is 8.77. The summed E-state index contributed by atoms with van der Waals surface area (Å²) in [7, 11) is 0. The van der Waals surface area contributed by atoms with Gasteiger partial charge in [-0.15, -0.1) is 0 Å². The molecule has 2 nitrogen and oxygen atoms in total. The fourth-order valence-electron chi connectivity index (χ4n) is 2.84. The molecule has 1 rings (SSSR count). The van der Waals surface area contributed by atoms with Crippen LogP contribution in [0.3, 0.4) is 0 Å². The first-order chi connectivity index (χ1) is 7.77. The summed E-state index contributed by atoms with van der Waals surface area (Å²) in [5, 5.41) is 3.70. The maximum atomic E-state index is 5.56. The highest BCUT2D eigenvalue weighted by atomic mass is 16.5. The molecule has 0 spiro atoms.